The largest absolute Gasteiger partial charge is 0.356 e. The van der Waals surface area contributed by atoms with Crippen molar-refractivity contribution < 1.29 is 8.91 Å². The van der Waals surface area contributed by atoms with E-state index in [2.05, 4.69) is 30.4 Å². The number of nitrogens with zero attached hydrogens (tertiary/aromatic N) is 5. The van der Waals surface area contributed by atoms with E-state index in [-0.39, 0.29) is 12.4 Å². The Morgan fingerprint density at radius 1 is 1.03 bits per heavy atom. The van der Waals surface area contributed by atoms with Gasteiger partial charge in [-0.15, -0.1) is 0 Å². The third kappa shape index (κ3) is 3.89. The molecule has 0 saturated carbocycles. The number of rotatable bonds is 6. The molecule has 0 amide bonds. The summed E-state index contributed by atoms with van der Waals surface area (Å²) in [5.74, 6) is 0.692. The smallest absolute Gasteiger partial charge is 0.223 e. The second kappa shape index (κ2) is 8.36. The second-order valence-corrected chi connectivity index (χ2v) is 6.87. The third-order valence-corrected chi connectivity index (χ3v) is 4.79. The number of anilines is 1. The normalized spacial score (nSPS) is 10.9. The van der Waals surface area contributed by atoms with Crippen LogP contribution in [0.5, 0.6) is 0 Å². The zero-order valence-corrected chi connectivity index (χ0v) is 17.0. The van der Waals surface area contributed by atoms with Gasteiger partial charge in [-0.3, -0.25) is 9.97 Å². The Bertz CT molecular complexity index is 1170. The lowest BCUT2D eigenvalue weighted by atomic mass is 10.0. The Morgan fingerprint density at radius 3 is 2.60 bits per heavy atom. The van der Waals surface area contributed by atoms with Crippen LogP contribution in [0.25, 0.3) is 22.7 Å². The summed E-state index contributed by atoms with van der Waals surface area (Å²) in [4.78, 5) is 17.9. The minimum Gasteiger partial charge on any atom is -0.356 e. The average Bonchev–Trinajstić information content (AvgIpc) is 3.14. The molecule has 0 aliphatic carbocycles. The van der Waals surface area contributed by atoms with E-state index in [4.69, 9.17) is 4.52 Å². The van der Waals surface area contributed by atoms with Crippen LogP contribution in [0.3, 0.4) is 0 Å². The quantitative estimate of drug-likeness (QED) is 0.505. The maximum Gasteiger partial charge on any atom is 0.223 e. The van der Waals surface area contributed by atoms with Crippen molar-refractivity contribution in [3.63, 3.8) is 0 Å². The number of halogens is 1. The summed E-state index contributed by atoms with van der Waals surface area (Å²) in [5, 5.41) is 7.18. The van der Waals surface area contributed by atoms with Crippen molar-refractivity contribution in [3.8, 4) is 22.7 Å². The van der Waals surface area contributed by atoms with Crippen molar-refractivity contribution in [1.29, 1.82) is 0 Å². The van der Waals surface area contributed by atoms with Gasteiger partial charge in [0, 0.05) is 30.1 Å². The zero-order valence-electron chi connectivity index (χ0n) is 17.0. The summed E-state index contributed by atoms with van der Waals surface area (Å²) < 4.78 is 19.5. The number of hydrogen-bond donors (Lipinski definition) is 1. The first kappa shape index (κ1) is 19.6. The summed E-state index contributed by atoms with van der Waals surface area (Å²) in [7, 11) is 0. The Morgan fingerprint density at radius 2 is 1.87 bits per heavy atom. The molecule has 3 aromatic heterocycles. The molecule has 3 heterocycles. The van der Waals surface area contributed by atoms with Crippen molar-refractivity contribution in [2.24, 2.45) is 0 Å². The third-order valence-electron chi connectivity index (χ3n) is 4.79. The Hall–Kier alpha value is -3.68. The highest BCUT2D eigenvalue weighted by molar-refractivity contribution is 5.78. The van der Waals surface area contributed by atoms with Gasteiger partial charge < -0.3 is 9.84 Å². The molecule has 0 aliphatic heterocycles. The van der Waals surface area contributed by atoms with Crippen LogP contribution in [0.4, 0.5) is 10.3 Å². The molecule has 1 N–H and O–H groups in total. The Balaban J connectivity index is 1.75. The minimum absolute atomic E-state index is 0.257. The molecule has 0 spiro atoms. The zero-order chi connectivity index (χ0) is 21.1. The lowest BCUT2D eigenvalue weighted by Crippen LogP contribution is -2.07. The van der Waals surface area contributed by atoms with Crippen LogP contribution >= 0.6 is 0 Å². The maximum atomic E-state index is 13.9. The summed E-state index contributed by atoms with van der Waals surface area (Å²) in [6, 6.07) is 6.58. The number of nitrogens with one attached hydrogen (secondary N) is 1. The predicted molar refractivity (Wildman–Crippen MR) is 111 cm³/mol. The molecular weight excluding hydrogens is 383 g/mol. The molecule has 0 fully saturated rings. The van der Waals surface area contributed by atoms with Gasteiger partial charge in [-0.05, 0) is 26.3 Å². The molecular formula is C22H21FN6O. The number of hydrogen-bond acceptors (Lipinski definition) is 7. The van der Waals surface area contributed by atoms with E-state index >= 15 is 0 Å². The predicted octanol–water partition coefficient (Wildman–Crippen LogP) is 4.52. The highest BCUT2D eigenvalue weighted by Crippen LogP contribution is 2.33. The van der Waals surface area contributed by atoms with Gasteiger partial charge in [0.15, 0.2) is 5.76 Å². The van der Waals surface area contributed by atoms with Crippen molar-refractivity contribution in [3.05, 3.63) is 71.2 Å². The second-order valence-electron chi connectivity index (χ2n) is 6.87. The number of aromatic nitrogens is 5. The molecule has 4 rings (SSSR count). The first-order valence-corrected chi connectivity index (χ1v) is 9.65. The molecule has 0 bridgehead atoms. The van der Waals surface area contributed by atoms with Crippen molar-refractivity contribution in [1.82, 2.24) is 25.1 Å². The minimum atomic E-state index is -0.282. The summed E-state index contributed by atoms with van der Waals surface area (Å²) in [6.45, 7) is 6.07. The standard InChI is InChI=1S/C22H21FN6O/c1-4-16-14(3)29-30-21(16)17-11-27-22(26-10-15-7-5-6-8-18(15)23)28-20(17)19-12-24-13(2)9-25-19/h5-9,11-12H,4,10H2,1-3H3,(H,26,27,28). The first-order valence-electron chi connectivity index (χ1n) is 9.65. The lowest BCUT2D eigenvalue weighted by Gasteiger charge is -2.11. The fraction of sp³-hybridized carbons (Fsp3) is 0.227. The molecule has 0 atom stereocenters. The molecule has 0 unspecified atom stereocenters. The highest BCUT2D eigenvalue weighted by Gasteiger charge is 2.21. The Kier molecular flexibility index (Phi) is 5.47. The fourth-order valence-electron chi connectivity index (χ4n) is 3.18. The summed E-state index contributed by atoms with van der Waals surface area (Å²) >= 11 is 0. The van der Waals surface area contributed by atoms with Gasteiger partial charge in [0.1, 0.15) is 17.2 Å². The van der Waals surface area contributed by atoms with E-state index in [1.165, 1.54) is 6.07 Å². The van der Waals surface area contributed by atoms with Crippen LogP contribution < -0.4 is 5.32 Å². The van der Waals surface area contributed by atoms with Crippen LogP contribution in [0, 0.1) is 19.7 Å². The molecule has 0 aliphatic rings. The van der Waals surface area contributed by atoms with Gasteiger partial charge in [0.2, 0.25) is 5.95 Å². The van der Waals surface area contributed by atoms with Gasteiger partial charge in [0.05, 0.1) is 23.1 Å². The number of benzene rings is 1. The molecule has 152 valence electrons. The van der Waals surface area contributed by atoms with Gasteiger partial charge in [-0.1, -0.05) is 30.3 Å². The molecule has 0 radical (unpaired) electrons. The number of aryl methyl sites for hydroxylation is 2. The van der Waals surface area contributed by atoms with Crippen LogP contribution in [-0.2, 0) is 13.0 Å². The van der Waals surface area contributed by atoms with Crippen LogP contribution in [0.15, 0.2) is 47.4 Å². The van der Waals surface area contributed by atoms with Crippen LogP contribution in [-0.4, -0.2) is 25.1 Å². The SMILES string of the molecule is CCc1c(C)noc1-c1cnc(NCc2ccccc2F)nc1-c1cnc(C)cn1. The maximum absolute atomic E-state index is 13.9. The lowest BCUT2D eigenvalue weighted by molar-refractivity contribution is 0.426. The van der Waals surface area contributed by atoms with E-state index in [1.807, 2.05) is 20.8 Å². The van der Waals surface area contributed by atoms with Gasteiger partial charge in [-0.2, -0.15) is 0 Å². The fourth-order valence-corrected chi connectivity index (χ4v) is 3.18. The van der Waals surface area contributed by atoms with Gasteiger partial charge >= 0.3 is 0 Å². The topological polar surface area (TPSA) is 89.6 Å². The van der Waals surface area contributed by atoms with E-state index in [0.29, 0.717) is 34.2 Å². The van der Waals surface area contributed by atoms with E-state index in [1.54, 1.807) is 36.8 Å². The monoisotopic (exact) mass is 404 g/mol. The summed E-state index contributed by atoms with van der Waals surface area (Å²) in [6.07, 6.45) is 5.78. The summed E-state index contributed by atoms with van der Waals surface area (Å²) in [5.41, 5.74) is 4.99. The molecule has 30 heavy (non-hydrogen) atoms. The molecule has 0 saturated heterocycles. The van der Waals surface area contributed by atoms with Crippen LogP contribution in [0.1, 0.15) is 29.4 Å². The average molecular weight is 404 g/mol. The van der Waals surface area contributed by atoms with E-state index in [9.17, 15) is 4.39 Å². The molecule has 1 aromatic carbocycles. The molecule has 8 heteroatoms. The first-order chi connectivity index (χ1) is 14.6. The van der Waals surface area contributed by atoms with Gasteiger partial charge in [0.25, 0.3) is 0 Å². The van der Waals surface area contributed by atoms with E-state index in [0.717, 1.165) is 23.4 Å². The van der Waals surface area contributed by atoms with Crippen molar-refractivity contribution in [2.45, 2.75) is 33.7 Å². The van der Waals surface area contributed by atoms with Gasteiger partial charge in [-0.25, -0.2) is 14.4 Å². The molecule has 4 aromatic rings. The van der Waals surface area contributed by atoms with Crippen molar-refractivity contribution in [2.75, 3.05) is 5.32 Å². The van der Waals surface area contributed by atoms with E-state index < -0.39 is 0 Å². The van der Waals surface area contributed by atoms with Crippen LogP contribution in [0.2, 0.25) is 0 Å². The molecule has 7 nitrogen and oxygen atoms in total. The Labute approximate surface area is 173 Å². The highest BCUT2D eigenvalue weighted by atomic mass is 19.1. The van der Waals surface area contributed by atoms with Crippen molar-refractivity contribution >= 4 is 5.95 Å².